The normalized spacial score (nSPS) is 14.1. The highest BCUT2D eigenvalue weighted by Gasteiger charge is 2.30. The first-order valence-electron chi connectivity index (χ1n) is 12.1. The van der Waals surface area contributed by atoms with Crippen molar-refractivity contribution in [2.75, 3.05) is 12.4 Å². The van der Waals surface area contributed by atoms with Crippen molar-refractivity contribution in [3.05, 3.63) is 65.9 Å². The van der Waals surface area contributed by atoms with Gasteiger partial charge in [-0.3, -0.25) is 14.4 Å². The van der Waals surface area contributed by atoms with Crippen LogP contribution in [0.15, 0.2) is 54.7 Å². The minimum atomic E-state index is -1.50. The first-order chi connectivity index (χ1) is 18.6. The number of phenols is 1. The Morgan fingerprint density at radius 1 is 0.872 bits per heavy atom. The lowest BCUT2D eigenvalue weighted by Gasteiger charge is -2.24. The van der Waals surface area contributed by atoms with Gasteiger partial charge < -0.3 is 42.0 Å². The van der Waals surface area contributed by atoms with E-state index in [-0.39, 0.29) is 24.3 Å². The highest BCUT2D eigenvalue weighted by atomic mass is 32.1. The molecule has 4 unspecified atom stereocenters. The number of benzene rings is 2. The summed E-state index contributed by atoms with van der Waals surface area (Å²) in [5.74, 6) is -3.64. The number of aliphatic carboxylic acids is 1. The quantitative estimate of drug-likeness (QED) is 0.124. The third-order valence-corrected chi connectivity index (χ3v) is 6.47. The molecular formula is C26H31N5O7S. The van der Waals surface area contributed by atoms with Gasteiger partial charge in [0.15, 0.2) is 0 Å². The third-order valence-electron chi connectivity index (χ3n) is 6.07. The fraction of sp³-hybridized carbons (Fsp3) is 0.308. The fourth-order valence-corrected chi connectivity index (χ4v) is 4.06. The summed E-state index contributed by atoms with van der Waals surface area (Å²) >= 11 is 3.99. The molecule has 9 N–H and O–H groups in total. The summed E-state index contributed by atoms with van der Waals surface area (Å²) < 4.78 is 0. The predicted octanol–water partition coefficient (Wildman–Crippen LogP) is -0.553. The summed E-state index contributed by atoms with van der Waals surface area (Å²) in [6.07, 6.45) is 1.60. The number of hydrogen-bond acceptors (Lipinski definition) is 8. The van der Waals surface area contributed by atoms with Crippen LogP contribution in [0.2, 0.25) is 0 Å². The molecule has 1 aromatic heterocycles. The number of nitrogens with two attached hydrogens (primary N) is 1. The fourth-order valence-electron chi connectivity index (χ4n) is 3.90. The number of aliphatic hydroxyl groups is 1. The zero-order valence-electron chi connectivity index (χ0n) is 20.8. The van der Waals surface area contributed by atoms with Gasteiger partial charge in [-0.1, -0.05) is 30.3 Å². The number of hydrogen-bond donors (Lipinski definition) is 9. The van der Waals surface area contributed by atoms with Crippen molar-refractivity contribution < 1.29 is 34.5 Å². The van der Waals surface area contributed by atoms with Gasteiger partial charge in [0.2, 0.25) is 17.7 Å². The highest BCUT2D eigenvalue weighted by molar-refractivity contribution is 7.80. The molecule has 0 saturated heterocycles. The first-order valence-corrected chi connectivity index (χ1v) is 12.7. The number of para-hydroxylation sites is 1. The van der Waals surface area contributed by atoms with Gasteiger partial charge in [-0.2, -0.15) is 12.6 Å². The predicted molar refractivity (Wildman–Crippen MR) is 146 cm³/mol. The van der Waals surface area contributed by atoms with Crippen LogP contribution < -0.4 is 21.7 Å². The molecule has 208 valence electrons. The van der Waals surface area contributed by atoms with Gasteiger partial charge in [0.1, 0.15) is 23.9 Å². The number of aromatic nitrogens is 1. The number of nitrogens with one attached hydrogen (secondary N) is 4. The van der Waals surface area contributed by atoms with Gasteiger partial charge in [-0.15, -0.1) is 0 Å². The average Bonchev–Trinajstić information content (AvgIpc) is 3.33. The second-order valence-corrected chi connectivity index (χ2v) is 9.29. The summed E-state index contributed by atoms with van der Waals surface area (Å²) in [4.78, 5) is 53.4. The monoisotopic (exact) mass is 557 g/mol. The molecule has 39 heavy (non-hydrogen) atoms. The number of fused-ring (bicyclic) bond motifs is 1. The van der Waals surface area contributed by atoms with Crippen molar-refractivity contribution in [3.8, 4) is 5.75 Å². The Hall–Kier alpha value is -4.07. The molecule has 0 aliphatic rings. The van der Waals surface area contributed by atoms with E-state index in [0.29, 0.717) is 11.1 Å². The molecule has 0 bridgehead atoms. The molecule has 3 rings (SSSR count). The lowest BCUT2D eigenvalue weighted by molar-refractivity contribution is -0.142. The molecule has 3 aromatic rings. The molecule has 1 heterocycles. The molecule has 0 aliphatic carbocycles. The molecule has 0 saturated carbocycles. The number of carbonyl (C=O) groups is 4. The van der Waals surface area contributed by atoms with Crippen LogP contribution in [0, 0.1) is 0 Å². The standard InChI is InChI=1S/C26H31N5O7S/c27-18(13-39)23(34)29-20(9-14-5-7-16(33)8-6-14)24(35)31-22(12-32)25(36)30-21(26(37)38)10-15-11-28-19-4-2-1-3-17(15)19/h1-8,11,18,20-22,28,32-33,39H,9-10,12-13,27H2,(H,29,34)(H,30,36)(H,31,35)(H,37,38). The van der Waals surface area contributed by atoms with E-state index in [1.54, 1.807) is 18.3 Å². The van der Waals surface area contributed by atoms with E-state index in [0.717, 1.165) is 10.9 Å². The van der Waals surface area contributed by atoms with Crippen LogP contribution in [0.25, 0.3) is 10.9 Å². The number of H-pyrrole nitrogens is 1. The maximum atomic E-state index is 13.1. The lowest BCUT2D eigenvalue weighted by Crippen LogP contribution is -2.58. The van der Waals surface area contributed by atoms with Crippen molar-refractivity contribution in [3.63, 3.8) is 0 Å². The Bertz CT molecular complexity index is 1310. The maximum Gasteiger partial charge on any atom is 0.326 e. The number of carboxylic acids is 1. The Morgan fingerprint density at radius 2 is 1.49 bits per heavy atom. The molecule has 0 spiro atoms. The Kier molecular flexibility index (Phi) is 10.3. The van der Waals surface area contributed by atoms with Crippen molar-refractivity contribution >= 4 is 47.2 Å². The van der Waals surface area contributed by atoms with Crippen molar-refractivity contribution in [1.29, 1.82) is 0 Å². The van der Waals surface area contributed by atoms with Gasteiger partial charge in [-0.25, -0.2) is 4.79 Å². The van der Waals surface area contributed by atoms with E-state index in [4.69, 9.17) is 5.73 Å². The smallest absolute Gasteiger partial charge is 0.326 e. The van der Waals surface area contributed by atoms with E-state index < -0.39 is 54.5 Å². The molecule has 0 radical (unpaired) electrons. The first kappa shape index (κ1) is 29.5. The zero-order valence-corrected chi connectivity index (χ0v) is 21.7. The molecule has 13 heteroatoms. The van der Waals surface area contributed by atoms with Gasteiger partial charge >= 0.3 is 5.97 Å². The Balaban J connectivity index is 1.72. The number of amides is 3. The van der Waals surface area contributed by atoms with E-state index in [2.05, 4.69) is 33.6 Å². The zero-order chi connectivity index (χ0) is 28.5. The Labute approximate surface area is 229 Å². The summed E-state index contributed by atoms with van der Waals surface area (Å²) in [5, 5.41) is 37.1. The average molecular weight is 558 g/mol. The summed E-state index contributed by atoms with van der Waals surface area (Å²) in [6, 6.07) is 8.18. The summed E-state index contributed by atoms with van der Waals surface area (Å²) in [5.41, 5.74) is 7.77. The number of aliphatic hydroxyl groups excluding tert-OH is 1. The SMILES string of the molecule is NC(CS)C(=O)NC(Cc1ccc(O)cc1)C(=O)NC(CO)C(=O)NC(Cc1c[nH]c2ccccc12)C(=O)O. The molecule has 4 atom stereocenters. The topological polar surface area (TPSA) is 207 Å². The van der Waals surface area contributed by atoms with Crippen LogP contribution in [-0.2, 0) is 32.0 Å². The van der Waals surface area contributed by atoms with E-state index in [1.807, 2.05) is 24.3 Å². The van der Waals surface area contributed by atoms with Crippen LogP contribution in [0.5, 0.6) is 5.75 Å². The molecule has 0 aliphatic heterocycles. The van der Waals surface area contributed by atoms with Crippen LogP contribution in [-0.4, -0.2) is 80.5 Å². The van der Waals surface area contributed by atoms with Gasteiger partial charge in [0, 0.05) is 35.7 Å². The van der Waals surface area contributed by atoms with Gasteiger partial charge in [0.25, 0.3) is 0 Å². The van der Waals surface area contributed by atoms with E-state index in [1.165, 1.54) is 12.1 Å². The third kappa shape index (κ3) is 7.96. The minimum absolute atomic E-state index is 0.0125. The van der Waals surface area contributed by atoms with Crippen LogP contribution in [0.1, 0.15) is 11.1 Å². The van der Waals surface area contributed by atoms with E-state index >= 15 is 0 Å². The van der Waals surface area contributed by atoms with Crippen molar-refractivity contribution in [2.24, 2.45) is 5.73 Å². The van der Waals surface area contributed by atoms with Crippen LogP contribution in [0.3, 0.4) is 0 Å². The second-order valence-electron chi connectivity index (χ2n) is 8.93. The number of carbonyl (C=O) groups excluding carboxylic acids is 3. The molecule has 12 nitrogen and oxygen atoms in total. The summed E-state index contributed by atoms with van der Waals surface area (Å²) in [6.45, 7) is -0.826. The number of carboxylic acid groups (broad SMARTS) is 1. The van der Waals surface area contributed by atoms with Crippen LogP contribution >= 0.6 is 12.6 Å². The van der Waals surface area contributed by atoms with Crippen molar-refractivity contribution in [1.82, 2.24) is 20.9 Å². The lowest BCUT2D eigenvalue weighted by atomic mass is 10.0. The number of aromatic amines is 1. The van der Waals surface area contributed by atoms with Gasteiger partial charge in [-0.05, 0) is 29.3 Å². The largest absolute Gasteiger partial charge is 0.508 e. The Morgan fingerprint density at radius 3 is 2.13 bits per heavy atom. The summed E-state index contributed by atoms with van der Waals surface area (Å²) in [7, 11) is 0. The molecule has 3 amide bonds. The van der Waals surface area contributed by atoms with Crippen molar-refractivity contribution in [2.45, 2.75) is 37.0 Å². The van der Waals surface area contributed by atoms with Gasteiger partial charge in [0.05, 0.1) is 12.6 Å². The minimum Gasteiger partial charge on any atom is -0.508 e. The maximum absolute atomic E-state index is 13.1. The molecule has 2 aromatic carbocycles. The van der Waals surface area contributed by atoms with E-state index in [9.17, 15) is 34.5 Å². The van der Waals surface area contributed by atoms with Crippen LogP contribution in [0.4, 0.5) is 0 Å². The molecular weight excluding hydrogens is 526 g/mol. The number of thiol groups is 1. The highest BCUT2D eigenvalue weighted by Crippen LogP contribution is 2.19. The second kappa shape index (κ2) is 13.6. The number of phenolic OH excluding ortho intramolecular Hbond substituents is 1. The number of rotatable bonds is 13. The number of aromatic hydroxyl groups is 1. The molecule has 0 fully saturated rings.